The highest BCUT2D eigenvalue weighted by Crippen LogP contribution is 2.37. The molecule has 0 radical (unpaired) electrons. The smallest absolute Gasteiger partial charge is 0.251 e. The Hall–Kier alpha value is -3.71. The average Bonchev–Trinajstić information content (AvgIpc) is 3.33. The van der Waals surface area contributed by atoms with Crippen LogP contribution in [0.1, 0.15) is 36.2 Å². The highest BCUT2D eigenvalue weighted by molar-refractivity contribution is 7.99. The van der Waals surface area contributed by atoms with Crippen molar-refractivity contribution in [3.8, 4) is 34.0 Å². The molecule has 0 atom stereocenters. The maximum Gasteiger partial charge on any atom is 0.251 e. The zero-order chi connectivity index (χ0) is 26.9. The largest absolute Gasteiger partial charge is 0.497 e. The van der Waals surface area contributed by atoms with Crippen LogP contribution < -0.4 is 14.8 Å². The highest BCUT2D eigenvalue weighted by Gasteiger charge is 2.20. The van der Waals surface area contributed by atoms with Gasteiger partial charge in [0.05, 0.1) is 25.6 Å². The molecular weight excluding hydrogens is 494 g/mol. The fourth-order valence-corrected chi connectivity index (χ4v) is 5.15. The number of imidazole rings is 1. The van der Waals surface area contributed by atoms with Crippen LogP contribution in [0.3, 0.4) is 0 Å². The van der Waals surface area contributed by atoms with E-state index in [0.29, 0.717) is 17.9 Å². The Morgan fingerprint density at radius 3 is 2.03 bits per heavy atom. The van der Waals surface area contributed by atoms with Crippen LogP contribution in [-0.2, 0) is 13.0 Å². The summed E-state index contributed by atoms with van der Waals surface area (Å²) in [4.78, 5) is 17.7. The van der Waals surface area contributed by atoms with Gasteiger partial charge < -0.3 is 19.4 Å². The lowest BCUT2D eigenvalue weighted by Crippen LogP contribution is -2.25. The summed E-state index contributed by atoms with van der Waals surface area (Å²) in [5.41, 5.74) is 6.00. The quantitative estimate of drug-likeness (QED) is 0.163. The van der Waals surface area contributed by atoms with Gasteiger partial charge in [-0.3, -0.25) is 4.79 Å². The highest BCUT2D eigenvalue weighted by atomic mass is 32.2. The van der Waals surface area contributed by atoms with Crippen LogP contribution in [0.15, 0.2) is 78.0 Å². The molecule has 1 aromatic heterocycles. The lowest BCUT2D eigenvalue weighted by molar-refractivity contribution is 0.0956. The van der Waals surface area contributed by atoms with E-state index < -0.39 is 0 Å². The number of rotatable bonds is 12. The normalized spacial score (nSPS) is 10.8. The molecule has 0 spiro atoms. The molecule has 4 aromatic rings. The van der Waals surface area contributed by atoms with E-state index in [-0.39, 0.29) is 5.91 Å². The minimum atomic E-state index is -0.0528. The lowest BCUT2D eigenvalue weighted by atomic mass is 10.0. The van der Waals surface area contributed by atoms with Crippen LogP contribution in [0.5, 0.6) is 11.5 Å². The van der Waals surface area contributed by atoms with Gasteiger partial charge in [-0.25, -0.2) is 4.98 Å². The number of nitrogens with one attached hydrogen (secondary N) is 1. The van der Waals surface area contributed by atoms with Crippen LogP contribution in [0.25, 0.3) is 22.5 Å². The minimum absolute atomic E-state index is 0.0528. The van der Waals surface area contributed by atoms with Gasteiger partial charge in [0.2, 0.25) is 0 Å². The first kappa shape index (κ1) is 27.3. The molecule has 0 saturated heterocycles. The number of hydrogen-bond acceptors (Lipinski definition) is 5. The predicted octanol–water partition coefficient (Wildman–Crippen LogP) is 6.73. The number of amides is 1. The fraction of sp³-hybridized carbons (Fsp3) is 0.290. The Bertz CT molecular complexity index is 1330. The standard InChI is InChI=1S/C31H35N3O3S/c1-5-20-34-29(24-13-17-27(37-4)18-14-24)28(23-11-15-26(36-3)16-12-23)33-31(34)38-21-19-32-30(35)25-9-7-22(6-2)8-10-25/h7-18H,5-6,19-21H2,1-4H3,(H,32,35). The molecule has 0 unspecified atom stereocenters. The van der Waals surface area contributed by atoms with Crippen molar-refractivity contribution in [3.05, 3.63) is 83.9 Å². The van der Waals surface area contributed by atoms with E-state index in [0.717, 1.165) is 58.6 Å². The molecule has 3 aromatic carbocycles. The number of nitrogens with zero attached hydrogens (tertiary/aromatic N) is 2. The summed E-state index contributed by atoms with van der Waals surface area (Å²) in [6.07, 6.45) is 1.93. The molecule has 4 rings (SSSR count). The zero-order valence-corrected chi connectivity index (χ0v) is 23.3. The monoisotopic (exact) mass is 529 g/mol. The van der Waals surface area contributed by atoms with Gasteiger partial charge >= 0.3 is 0 Å². The maximum atomic E-state index is 12.6. The van der Waals surface area contributed by atoms with Gasteiger partial charge in [-0.1, -0.05) is 37.7 Å². The summed E-state index contributed by atoms with van der Waals surface area (Å²) in [7, 11) is 3.34. The third-order valence-corrected chi connectivity index (χ3v) is 7.33. The molecule has 7 heteroatoms. The fourth-order valence-electron chi connectivity index (χ4n) is 4.27. The summed E-state index contributed by atoms with van der Waals surface area (Å²) in [6.45, 7) is 5.66. The molecule has 1 N–H and O–H groups in total. The van der Waals surface area contributed by atoms with E-state index in [1.165, 1.54) is 5.56 Å². The van der Waals surface area contributed by atoms with Gasteiger partial charge in [-0.2, -0.15) is 0 Å². The maximum absolute atomic E-state index is 12.6. The molecule has 198 valence electrons. The van der Waals surface area contributed by atoms with Crippen LogP contribution in [0.4, 0.5) is 0 Å². The first-order valence-electron chi connectivity index (χ1n) is 13.0. The SMILES string of the molecule is CCCn1c(SCCNC(=O)c2ccc(CC)cc2)nc(-c2ccc(OC)cc2)c1-c1ccc(OC)cc1. The van der Waals surface area contributed by atoms with Crippen molar-refractivity contribution in [2.45, 2.75) is 38.4 Å². The van der Waals surface area contributed by atoms with E-state index in [1.54, 1.807) is 26.0 Å². The number of hydrogen-bond donors (Lipinski definition) is 1. The van der Waals surface area contributed by atoms with Gasteiger partial charge in [0.25, 0.3) is 5.91 Å². The number of ether oxygens (including phenoxy) is 2. The van der Waals surface area contributed by atoms with Crippen molar-refractivity contribution in [2.24, 2.45) is 0 Å². The topological polar surface area (TPSA) is 65.4 Å². The Balaban J connectivity index is 1.58. The van der Waals surface area contributed by atoms with Crippen molar-refractivity contribution >= 4 is 17.7 Å². The van der Waals surface area contributed by atoms with Crippen molar-refractivity contribution in [2.75, 3.05) is 26.5 Å². The first-order valence-corrected chi connectivity index (χ1v) is 14.0. The van der Waals surface area contributed by atoms with E-state index in [2.05, 4.69) is 35.9 Å². The molecule has 0 saturated carbocycles. The second-order valence-electron chi connectivity index (χ2n) is 8.86. The molecule has 0 aliphatic rings. The lowest BCUT2D eigenvalue weighted by Gasteiger charge is -2.13. The van der Waals surface area contributed by atoms with Gasteiger partial charge in [-0.15, -0.1) is 0 Å². The van der Waals surface area contributed by atoms with E-state index >= 15 is 0 Å². The van der Waals surface area contributed by atoms with Gasteiger partial charge in [0.1, 0.15) is 11.5 Å². The third kappa shape index (κ3) is 6.40. The number of thioether (sulfide) groups is 1. The summed E-state index contributed by atoms with van der Waals surface area (Å²) >= 11 is 1.66. The molecule has 1 heterocycles. The second-order valence-corrected chi connectivity index (χ2v) is 9.92. The number of aryl methyl sites for hydroxylation is 1. The van der Waals surface area contributed by atoms with Gasteiger partial charge in [0, 0.05) is 35.5 Å². The number of aromatic nitrogens is 2. The van der Waals surface area contributed by atoms with Crippen LogP contribution in [-0.4, -0.2) is 42.0 Å². The van der Waals surface area contributed by atoms with Crippen LogP contribution in [0, 0.1) is 0 Å². The Morgan fingerprint density at radius 2 is 1.47 bits per heavy atom. The van der Waals surface area contributed by atoms with Crippen LogP contribution in [0.2, 0.25) is 0 Å². The Morgan fingerprint density at radius 1 is 0.868 bits per heavy atom. The summed E-state index contributed by atoms with van der Waals surface area (Å²) in [5.74, 6) is 2.28. The second kappa shape index (κ2) is 13.2. The molecule has 38 heavy (non-hydrogen) atoms. The molecule has 1 amide bonds. The van der Waals surface area contributed by atoms with Crippen molar-refractivity contribution in [1.82, 2.24) is 14.9 Å². The molecule has 0 fully saturated rings. The molecule has 0 aliphatic carbocycles. The van der Waals surface area contributed by atoms with Gasteiger partial charge in [-0.05, 0) is 79.1 Å². The molecule has 0 bridgehead atoms. The minimum Gasteiger partial charge on any atom is -0.497 e. The number of carbonyl (C=O) groups excluding carboxylic acids is 1. The molecular formula is C31H35N3O3S. The van der Waals surface area contributed by atoms with E-state index in [1.807, 2.05) is 60.7 Å². The van der Waals surface area contributed by atoms with Crippen LogP contribution >= 0.6 is 11.8 Å². The Labute approximate surface area is 229 Å². The van der Waals surface area contributed by atoms with E-state index in [9.17, 15) is 4.79 Å². The zero-order valence-electron chi connectivity index (χ0n) is 22.5. The first-order chi connectivity index (χ1) is 18.6. The van der Waals surface area contributed by atoms with E-state index in [4.69, 9.17) is 14.5 Å². The summed E-state index contributed by atoms with van der Waals surface area (Å²) in [6, 6.07) is 23.9. The summed E-state index contributed by atoms with van der Waals surface area (Å²) in [5, 5.41) is 3.98. The molecule has 6 nitrogen and oxygen atoms in total. The Kier molecular flexibility index (Phi) is 9.49. The molecule has 0 aliphatic heterocycles. The van der Waals surface area contributed by atoms with Gasteiger partial charge in [0.15, 0.2) is 5.16 Å². The number of carbonyl (C=O) groups is 1. The summed E-state index contributed by atoms with van der Waals surface area (Å²) < 4.78 is 13.0. The number of benzene rings is 3. The predicted molar refractivity (Wildman–Crippen MR) is 155 cm³/mol. The third-order valence-electron chi connectivity index (χ3n) is 6.35. The van der Waals surface area contributed by atoms with Crippen molar-refractivity contribution in [1.29, 1.82) is 0 Å². The van der Waals surface area contributed by atoms with Crippen molar-refractivity contribution < 1.29 is 14.3 Å². The van der Waals surface area contributed by atoms with Crippen molar-refractivity contribution in [3.63, 3.8) is 0 Å². The average molecular weight is 530 g/mol. The number of methoxy groups -OCH3 is 2.